The molecule has 2 unspecified atom stereocenters. The van der Waals surface area contributed by atoms with E-state index in [1.165, 1.54) is 16.9 Å². The van der Waals surface area contributed by atoms with Crippen LogP contribution in [0.25, 0.3) is 0 Å². The summed E-state index contributed by atoms with van der Waals surface area (Å²) in [4.78, 5) is 0. The van der Waals surface area contributed by atoms with Crippen LogP contribution < -0.4 is 10.0 Å². The fraction of sp³-hybridized carbons (Fsp3) is 0.667. The van der Waals surface area contributed by atoms with Gasteiger partial charge in [-0.2, -0.15) is 5.10 Å². The van der Waals surface area contributed by atoms with Gasteiger partial charge in [0.25, 0.3) is 10.0 Å². The molecule has 1 saturated heterocycles. The number of hydrogen-bond acceptors (Lipinski definition) is 4. The predicted octanol–water partition coefficient (Wildman–Crippen LogP) is -0.694. The van der Waals surface area contributed by atoms with Crippen LogP contribution >= 0.6 is 0 Å². The molecular weight excluding hydrogens is 228 g/mol. The van der Waals surface area contributed by atoms with Gasteiger partial charge in [-0.3, -0.25) is 4.68 Å². The van der Waals surface area contributed by atoms with E-state index in [4.69, 9.17) is 0 Å². The fourth-order valence-electron chi connectivity index (χ4n) is 1.85. The molecule has 2 atom stereocenters. The van der Waals surface area contributed by atoms with Gasteiger partial charge >= 0.3 is 0 Å². The summed E-state index contributed by atoms with van der Waals surface area (Å²) in [6.45, 7) is 3.55. The third kappa shape index (κ3) is 2.11. The molecule has 7 heteroatoms. The standard InChI is InChI=1S/C9H16N4O2S/c1-7-5-10-6-8(7)12-16(14,15)9-3-4-11-13(9)2/h3-4,7-8,10,12H,5-6H2,1-2H3. The summed E-state index contributed by atoms with van der Waals surface area (Å²) in [5, 5.41) is 7.21. The molecule has 0 amide bonds. The molecule has 0 spiro atoms. The van der Waals surface area contributed by atoms with Gasteiger partial charge in [-0.1, -0.05) is 6.92 Å². The molecule has 0 aromatic carbocycles. The van der Waals surface area contributed by atoms with Crippen molar-refractivity contribution < 1.29 is 8.42 Å². The SMILES string of the molecule is CC1CNCC1NS(=O)(=O)c1ccnn1C. The fourth-order valence-corrected chi connectivity index (χ4v) is 3.32. The van der Waals surface area contributed by atoms with Gasteiger partial charge in [0.1, 0.15) is 0 Å². The van der Waals surface area contributed by atoms with E-state index < -0.39 is 10.0 Å². The minimum absolute atomic E-state index is 0.0418. The van der Waals surface area contributed by atoms with Crippen molar-refractivity contribution in [2.45, 2.75) is 18.0 Å². The molecule has 0 saturated carbocycles. The van der Waals surface area contributed by atoms with E-state index in [-0.39, 0.29) is 11.1 Å². The highest BCUT2D eigenvalue weighted by Gasteiger charge is 2.29. The first-order valence-corrected chi connectivity index (χ1v) is 6.70. The average Bonchev–Trinajstić information content (AvgIpc) is 2.76. The molecule has 0 radical (unpaired) electrons. The van der Waals surface area contributed by atoms with Gasteiger partial charge in [-0.25, -0.2) is 13.1 Å². The van der Waals surface area contributed by atoms with Crippen molar-refractivity contribution >= 4 is 10.0 Å². The van der Waals surface area contributed by atoms with E-state index in [0.29, 0.717) is 12.5 Å². The smallest absolute Gasteiger partial charge is 0.258 e. The average molecular weight is 244 g/mol. The van der Waals surface area contributed by atoms with Crippen LogP contribution in [0.3, 0.4) is 0 Å². The van der Waals surface area contributed by atoms with Gasteiger partial charge in [0.2, 0.25) is 0 Å². The second-order valence-corrected chi connectivity index (χ2v) is 5.82. The Balaban J connectivity index is 2.18. The molecule has 1 fully saturated rings. The lowest BCUT2D eigenvalue weighted by molar-refractivity contribution is 0.496. The number of rotatable bonds is 3. The van der Waals surface area contributed by atoms with Gasteiger partial charge in [-0.15, -0.1) is 0 Å². The first kappa shape index (κ1) is 11.6. The van der Waals surface area contributed by atoms with Crippen LogP contribution in [0.5, 0.6) is 0 Å². The maximum Gasteiger partial charge on any atom is 0.258 e. The Labute approximate surface area is 95.1 Å². The Morgan fingerprint density at radius 1 is 1.56 bits per heavy atom. The second kappa shape index (κ2) is 4.15. The molecule has 1 aliphatic rings. The molecule has 6 nitrogen and oxygen atoms in total. The van der Waals surface area contributed by atoms with Gasteiger partial charge in [0.15, 0.2) is 5.03 Å². The predicted molar refractivity (Wildman–Crippen MR) is 59.4 cm³/mol. The number of sulfonamides is 1. The number of hydrogen-bond donors (Lipinski definition) is 2. The Morgan fingerprint density at radius 3 is 2.81 bits per heavy atom. The van der Waals surface area contributed by atoms with Crippen molar-refractivity contribution in [3.8, 4) is 0 Å². The van der Waals surface area contributed by atoms with Gasteiger partial charge < -0.3 is 5.32 Å². The molecule has 1 aromatic rings. The van der Waals surface area contributed by atoms with Crippen LogP contribution in [0.15, 0.2) is 17.3 Å². The van der Waals surface area contributed by atoms with Crippen LogP contribution in [0, 0.1) is 5.92 Å². The maximum atomic E-state index is 12.0. The van der Waals surface area contributed by atoms with Crippen molar-refractivity contribution in [2.75, 3.05) is 13.1 Å². The minimum atomic E-state index is -3.45. The number of aromatic nitrogens is 2. The lowest BCUT2D eigenvalue weighted by Gasteiger charge is -2.16. The zero-order valence-electron chi connectivity index (χ0n) is 9.34. The molecule has 16 heavy (non-hydrogen) atoms. The maximum absolute atomic E-state index is 12.0. The Kier molecular flexibility index (Phi) is 3.00. The highest BCUT2D eigenvalue weighted by Crippen LogP contribution is 2.12. The van der Waals surface area contributed by atoms with Crippen LogP contribution in [0.1, 0.15) is 6.92 Å². The van der Waals surface area contributed by atoms with Crippen molar-refractivity contribution in [3.63, 3.8) is 0 Å². The molecule has 0 bridgehead atoms. The molecule has 1 aromatic heterocycles. The third-order valence-corrected chi connectivity index (χ3v) is 4.44. The zero-order valence-corrected chi connectivity index (χ0v) is 10.2. The monoisotopic (exact) mass is 244 g/mol. The quantitative estimate of drug-likeness (QED) is 0.737. The van der Waals surface area contributed by atoms with Gasteiger partial charge in [0, 0.05) is 19.6 Å². The van der Waals surface area contributed by atoms with Crippen molar-refractivity contribution in [3.05, 3.63) is 12.3 Å². The molecule has 90 valence electrons. The first-order valence-electron chi connectivity index (χ1n) is 5.22. The van der Waals surface area contributed by atoms with E-state index in [0.717, 1.165) is 6.54 Å². The molecule has 1 aliphatic heterocycles. The lowest BCUT2D eigenvalue weighted by atomic mass is 10.1. The molecule has 2 heterocycles. The van der Waals surface area contributed by atoms with Crippen LogP contribution in [-0.2, 0) is 17.1 Å². The molecule has 0 aliphatic carbocycles. The van der Waals surface area contributed by atoms with Crippen molar-refractivity contribution in [1.82, 2.24) is 19.8 Å². The zero-order chi connectivity index (χ0) is 11.8. The summed E-state index contributed by atoms with van der Waals surface area (Å²) in [6.07, 6.45) is 1.48. The minimum Gasteiger partial charge on any atom is -0.315 e. The number of nitrogens with zero attached hydrogens (tertiary/aromatic N) is 2. The largest absolute Gasteiger partial charge is 0.315 e. The van der Waals surface area contributed by atoms with E-state index in [9.17, 15) is 8.42 Å². The summed E-state index contributed by atoms with van der Waals surface area (Å²) in [5.74, 6) is 0.308. The van der Waals surface area contributed by atoms with Crippen molar-refractivity contribution in [1.29, 1.82) is 0 Å². The van der Waals surface area contributed by atoms with Crippen LogP contribution in [-0.4, -0.2) is 37.3 Å². The van der Waals surface area contributed by atoms with Gasteiger partial charge in [0.05, 0.1) is 6.20 Å². The van der Waals surface area contributed by atoms with Crippen LogP contribution in [0.2, 0.25) is 0 Å². The van der Waals surface area contributed by atoms with Crippen molar-refractivity contribution in [2.24, 2.45) is 13.0 Å². The topological polar surface area (TPSA) is 76.0 Å². The Hall–Kier alpha value is -0.920. The number of nitrogens with one attached hydrogen (secondary N) is 2. The lowest BCUT2D eigenvalue weighted by Crippen LogP contribution is -2.40. The number of aryl methyl sites for hydroxylation is 1. The van der Waals surface area contributed by atoms with E-state index >= 15 is 0 Å². The Bertz CT molecular complexity index is 468. The molecular formula is C9H16N4O2S. The summed E-state index contributed by atoms with van der Waals surface area (Å²) in [6, 6.07) is 1.45. The first-order chi connectivity index (χ1) is 7.50. The summed E-state index contributed by atoms with van der Waals surface area (Å²) < 4.78 is 28.1. The second-order valence-electron chi connectivity index (χ2n) is 4.16. The van der Waals surface area contributed by atoms with E-state index in [1.807, 2.05) is 6.92 Å². The van der Waals surface area contributed by atoms with Gasteiger partial charge in [-0.05, 0) is 18.5 Å². The van der Waals surface area contributed by atoms with E-state index in [1.54, 1.807) is 7.05 Å². The third-order valence-electron chi connectivity index (χ3n) is 2.88. The highest BCUT2D eigenvalue weighted by atomic mass is 32.2. The van der Waals surface area contributed by atoms with E-state index in [2.05, 4.69) is 15.1 Å². The highest BCUT2D eigenvalue weighted by molar-refractivity contribution is 7.89. The normalized spacial score (nSPS) is 26.1. The summed E-state index contributed by atoms with van der Waals surface area (Å²) >= 11 is 0. The van der Waals surface area contributed by atoms with Crippen LogP contribution in [0.4, 0.5) is 0 Å². The Morgan fingerprint density at radius 2 is 2.31 bits per heavy atom. The summed E-state index contributed by atoms with van der Waals surface area (Å²) in [5.41, 5.74) is 0. The summed E-state index contributed by atoms with van der Waals surface area (Å²) in [7, 11) is -1.84. The molecule has 2 rings (SSSR count). The molecule has 2 N–H and O–H groups in total.